The van der Waals surface area contributed by atoms with Crippen molar-refractivity contribution in [3.63, 3.8) is 0 Å². The van der Waals surface area contributed by atoms with Crippen LogP contribution in [0.15, 0.2) is 24.3 Å². The molecule has 0 aromatic carbocycles. The summed E-state index contributed by atoms with van der Waals surface area (Å²) in [5.41, 5.74) is 0. The molecule has 0 saturated carbocycles. The molecule has 47 heavy (non-hydrogen) atoms. The Morgan fingerprint density at radius 3 is 1.70 bits per heavy atom. The summed E-state index contributed by atoms with van der Waals surface area (Å²) in [4.78, 5) is 25.1. The average molecular weight is 687 g/mol. The van der Waals surface area contributed by atoms with Crippen LogP contribution in [0.3, 0.4) is 0 Å². The monoisotopic (exact) mass is 687 g/mol. The Labute approximate surface area is 290 Å². The van der Waals surface area contributed by atoms with Crippen molar-refractivity contribution < 1.29 is 32.9 Å². The number of hydrogen-bond donors (Lipinski definition) is 2. The van der Waals surface area contributed by atoms with E-state index < -0.39 is 26.6 Å². The second-order valence-corrected chi connectivity index (χ2v) is 15.7. The second-order valence-electron chi connectivity index (χ2n) is 14.3. The van der Waals surface area contributed by atoms with E-state index in [1.54, 1.807) is 6.08 Å². The first-order valence-electron chi connectivity index (χ1n) is 19.2. The number of unbranched alkanes of at least 4 members (excludes halogenated alkanes) is 19. The van der Waals surface area contributed by atoms with Gasteiger partial charge in [-0.2, -0.15) is 0 Å². The van der Waals surface area contributed by atoms with Gasteiger partial charge in [-0.1, -0.05) is 154 Å². The number of phosphoric ester groups is 1. The molecule has 0 heterocycles. The molecular weight excluding hydrogens is 611 g/mol. The van der Waals surface area contributed by atoms with Crippen LogP contribution >= 0.6 is 7.82 Å². The van der Waals surface area contributed by atoms with E-state index in [-0.39, 0.29) is 12.5 Å². The number of hydrogen-bond acceptors (Lipinski definition) is 6. The number of phosphoric acid groups is 1. The quantitative estimate of drug-likeness (QED) is 0.0303. The number of carbonyl (C=O) groups is 1. The average Bonchev–Trinajstić information content (AvgIpc) is 3.01. The Morgan fingerprint density at radius 1 is 0.723 bits per heavy atom. The number of rotatable bonds is 34. The van der Waals surface area contributed by atoms with Gasteiger partial charge in [-0.3, -0.25) is 9.36 Å². The van der Waals surface area contributed by atoms with Crippen molar-refractivity contribution in [2.45, 2.75) is 174 Å². The predicted molar refractivity (Wildman–Crippen MR) is 196 cm³/mol. The van der Waals surface area contributed by atoms with Crippen molar-refractivity contribution in [1.29, 1.82) is 0 Å². The molecular formula is C38H75N2O6P. The van der Waals surface area contributed by atoms with Crippen LogP contribution < -0.4 is 10.2 Å². The molecule has 0 aromatic rings. The highest BCUT2D eigenvalue weighted by Crippen LogP contribution is 2.38. The molecule has 8 nitrogen and oxygen atoms in total. The summed E-state index contributed by atoms with van der Waals surface area (Å²) in [6.07, 6.45) is 33.8. The first kappa shape index (κ1) is 46.0. The summed E-state index contributed by atoms with van der Waals surface area (Å²) in [7, 11) is 1.24. The van der Waals surface area contributed by atoms with Gasteiger partial charge in [0, 0.05) is 6.42 Å². The van der Waals surface area contributed by atoms with Gasteiger partial charge in [-0.15, -0.1) is 0 Å². The van der Waals surface area contributed by atoms with E-state index in [0.717, 1.165) is 38.5 Å². The molecule has 0 saturated heterocycles. The standard InChI is InChI=1S/C38H75N2O6P/c1-6-8-10-12-14-16-17-18-19-20-21-22-23-24-26-28-30-32-38(42)39-36(35-46-47(43,44)45-34-33-40(3,4)5)37(41)31-29-27-25-15-13-11-9-7-2/h13,15,29,31,36-37,41H,6-12,14,16-28,30,32-35H2,1-5H3,(H-,39,42,43,44)/b15-13+,31-29+. The Hall–Kier alpha value is -1.02. The number of aliphatic hydroxyl groups is 1. The minimum absolute atomic E-state index is 0.00512. The molecule has 2 N–H and O–H groups in total. The third kappa shape index (κ3) is 33.3. The normalized spacial score (nSPS) is 15.0. The first-order valence-corrected chi connectivity index (χ1v) is 20.7. The van der Waals surface area contributed by atoms with Gasteiger partial charge in [-0.05, 0) is 25.7 Å². The zero-order chi connectivity index (χ0) is 35.1. The highest BCUT2D eigenvalue weighted by molar-refractivity contribution is 7.45. The lowest BCUT2D eigenvalue weighted by Gasteiger charge is -2.29. The van der Waals surface area contributed by atoms with E-state index in [9.17, 15) is 19.4 Å². The smallest absolute Gasteiger partial charge is 0.268 e. The molecule has 0 rings (SSSR count). The van der Waals surface area contributed by atoms with E-state index >= 15 is 0 Å². The molecule has 0 aromatic heterocycles. The fourth-order valence-corrected chi connectivity index (χ4v) is 5.99. The van der Waals surface area contributed by atoms with Crippen molar-refractivity contribution in [3.8, 4) is 0 Å². The van der Waals surface area contributed by atoms with E-state index in [0.29, 0.717) is 17.4 Å². The van der Waals surface area contributed by atoms with Crippen LogP contribution in [0.1, 0.15) is 162 Å². The molecule has 0 fully saturated rings. The van der Waals surface area contributed by atoms with Crippen molar-refractivity contribution in [2.75, 3.05) is 40.9 Å². The minimum Gasteiger partial charge on any atom is -0.756 e. The lowest BCUT2D eigenvalue weighted by Crippen LogP contribution is -2.45. The van der Waals surface area contributed by atoms with E-state index in [4.69, 9.17) is 9.05 Å². The third-order valence-corrected chi connectivity index (χ3v) is 9.38. The molecule has 3 atom stereocenters. The maximum Gasteiger partial charge on any atom is 0.268 e. The van der Waals surface area contributed by atoms with Crippen molar-refractivity contribution in [2.24, 2.45) is 0 Å². The molecule has 0 radical (unpaired) electrons. The summed E-state index contributed by atoms with van der Waals surface area (Å²) < 4.78 is 23.0. The van der Waals surface area contributed by atoms with Gasteiger partial charge in [0.25, 0.3) is 7.82 Å². The number of carbonyl (C=O) groups excluding carboxylic acids is 1. The van der Waals surface area contributed by atoms with Gasteiger partial charge in [0.05, 0.1) is 39.9 Å². The number of nitrogens with zero attached hydrogens (tertiary/aromatic N) is 1. The zero-order valence-corrected chi connectivity index (χ0v) is 32.1. The number of likely N-dealkylation sites (N-methyl/N-ethyl adjacent to an activating group) is 1. The third-order valence-electron chi connectivity index (χ3n) is 8.41. The minimum atomic E-state index is -4.58. The number of amides is 1. The van der Waals surface area contributed by atoms with Crippen molar-refractivity contribution in [3.05, 3.63) is 24.3 Å². The molecule has 9 heteroatoms. The fraction of sp³-hybridized carbons (Fsp3) is 0.868. The largest absolute Gasteiger partial charge is 0.756 e. The van der Waals surface area contributed by atoms with E-state index in [1.807, 2.05) is 27.2 Å². The Morgan fingerprint density at radius 2 is 1.19 bits per heavy atom. The van der Waals surface area contributed by atoms with Crippen LogP contribution in [0.4, 0.5) is 0 Å². The summed E-state index contributed by atoms with van der Waals surface area (Å²) in [6.45, 7) is 4.53. The van der Waals surface area contributed by atoms with Crippen LogP contribution in [0.2, 0.25) is 0 Å². The van der Waals surface area contributed by atoms with Gasteiger partial charge in [0.1, 0.15) is 13.2 Å². The molecule has 3 unspecified atom stereocenters. The molecule has 0 bridgehead atoms. The molecule has 278 valence electrons. The number of quaternary nitrogens is 1. The van der Waals surface area contributed by atoms with Gasteiger partial charge in [-0.25, -0.2) is 0 Å². The second kappa shape index (κ2) is 31.0. The van der Waals surface area contributed by atoms with Gasteiger partial charge >= 0.3 is 0 Å². The first-order chi connectivity index (χ1) is 22.5. The SMILES string of the molecule is CCCC/C=C/CC/C=C/C(O)C(COP(=O)([O-])OCC[N+](C)(C)C)NC(=O)CCCCCCCCCCCCCCCCCCC. The van der Waals surface area contributed by atoms with Crippen LogP contribution in [0, 0.1) is 0 Å². The molecule has 0 aliphatic heterocycles. The topological polar surface area (TPSA) is 108 Å². The van der Waals surface area contributed by atoms with E-state index in [2.05, 4.69) is 31.3 Å². The van der Waals surface area contributed by atoms with Crippen LogP contribution in [-0.2, 0) is 18.4 Å². The predicted octanol–water partition coefficient (Wildman–Crippen LogP) is 9.16. The lowest BCUT2D eigenvalue weighted by atomic mass is 10.0. The molecule has 1 amide bonds. The van der Waals surface area contributed by atoms with Gasteiger partial charge in [0.15, 0.2) is 0 Å². The van der Waals surface area contributed by atoms with Gasteiger partial charge < -0.3 is 28.8 Å². The zero-order valence-electron chi connectivity index (χ0n) is 31.2. The molecule has 0 spiro atoms. The summed E-state index contributed by atoms with van der Waals surface area (Å²) in [6, 6.07) is -0.895. The Balaban J connectivity index is 4.38. The van der Waals surface area contributed by atoms with E-state index in [1.165, 1.54) is 103 Å². The Bertz CT molecular complexity index is 829. The number of allylic oxidation sites excluding steroid dienone is 3. The maximum absolute atomic E-state index is 12.7. The van der Waals surface area contributed by atoms with Crippen LogP contribution in [-0.4, -0.2) is 68.5 Å². The maximum atomic E-state index is 12.7. The number of aliphatic hydroxyl groups excluding tert-OH is 1. The van der Waals surface area contributed by atoms with Crippen LogP contribution in [0.25, 0.3) is 0 Å². The Kier molecular flexibility index (Phi) is 30.3. The molecule has 0 aliphatic carbocycles. The highest BCUT2D eigenvalue weighted by Gasteiger charge is 2.23. The molecule has 0 aliphatic rings. The summed E-state index contributed by atoms with van der Waals surface area (Å²) in [5, 5.41) is 13.6. The summed E-state index contributed by atoms with van der Waals surface area (Å²) in [5.74, 6) is -0.211. The number of nitrogens with one attached hydrogen (secondary N) is 1. The highest BCUT2D eigenvalue weighted by atomic mass is 31.2. The van der Waals surface area contributed by atoms with Gasteiger partial charge in [0.2, 0.25) is 5.91 Å². The van der Waals surface area contributed by atoms with Crippen molar-refractivity contribution >= 4 is 13.7 Å². The lowest BCUT2D eigenvalue weighted by molar-refractivity contribution is -0.870. The van der Waals surface area contributed by atoms with Crippen molar-refractivity contribution in [1.82, 2.24) is 5.32 Å². The fourth-order valence-electron chi connectivity index (χ4n) is 5.27. The summed E-state index contributed by atoms with van der Waals surface area (Å²) >= 11 is 0. The van der Waals surface area contributed by atoms with Crippen LogP contribution in [0.5, 0.6) is 0 Å².